The molecule has 0 unspecified atom stereocenters. The van der Waals surface area contributed by atoms with E-state index in [2.05, 4.69) is 0 Å². The van der Waals surface area contributed by atoms with Crippen molar-refractivity contribution in [2.45, 2.75) is 25.7 Å². The monoisotopic (exact) mass is 314 g/mol. The molecule has 0 radical (unpaired) electrons. The van der Waals surface area contributed by atoms with Crippen molar-refractivity contribution in [3.05, 3.63) is 0 Å². The van der Waals surface area contributed by atoms with E-state index in [1.807, 2.05) is 0 Å². The highest BCUT2D eigenvalue weighted by molar-refractivity contribution is 5.79. The first kappa shape index (κ1) is 19.6. The van der Waals surface area contributed by atoms with Crippen LogP contribution >= 0.6 is 0 Å². The highest BCUT2D eigenvalue weighted by atomic mass is 16.6. The van der Waals surface area contributed by atoms with Crippen LogP contribution < -0.4 is 0 Å². The fraction of sp³-hybridized carbons (Fsp3) is 0.571. The number of aldehydes is 4. The van der Waals surface area contributed by atoms with Gasteiger partial charge < -0.3 is 28.7 Å². The molecule has 0 amide bonds. The summed E-state index contributed by atoms with van der Waals surface area (Å²) in [5.74, 6) is -3.15. The van der Waals surface area contributed by atoms with Crippen LogP contribution in [0, 0.1) is 11.8 Å². The van der Waals surface area contributed by atoms with Gasteiger partial charge in [0.05, 0.1) is 11.8 Å². The molecular formula is C14H18O8. The van der Waals surface area contributed by atoms with Crippen molar-refractivity contribution in [1.29, 1.82) is 0 Å². The van der Waals surface area contributed by atoms with Crippen LogP contribution in [0.3, 0.4) is 0 Å². The van der Waals surface area contributed by atoms with E-state index in [4.69, 9.17) is 9.47 Å². The van der Waals surface area contributed by atoms with E-state index in [1.54, 1.807) is 0 Å². The van der Waals surface area contributed by atoms with Gasteiger partial charge in [-0.05, 0) is 0 Å². The van der Waals surface area contributed by atoms with Crippen LogP contribution in [0.25, 0.3) is 0 Å². The number of carbonyl (C=O) groups excluding carboxylic acids is 6. The molecule has 0 aliphatic rings. The van der Waals surface area contributed by atoms with Crippen LogP contribution in [-0.2, 0) is 38.2 Å². The molecule has 0 fully saturated rings. The molecule has 0 saturated heterocycles. The molecule has 8 nitrogen and oxygen atoms in total. The number of hydrogen-bond acceptors (Lipinski definition) is 8. The third-order valence-corrected chi connectivity index (χ3v) is 2.76. The lowest BCUT2D eigenvalue weighted by molar-refractivity contribution is -0.158. The van der Waals surface area contributed by atoms with Gasteiger partial charge in [0.2, 0.25) is 0 Å². The smallest absolute Gasteiger partial charge is 0.309 e. The van der Waals surface area contributed by atoms with Crippen molar-refractivity contribution in [3.63, 3.8) is 0 Å². The van der Waals surface area contributed by atoms with E-state index in [-0.39, 0.29) is 38.9 Å². The predicted molar refractivity (Wildman–Crippen MR) is 71.6 cm³/mol. The molecule has 22 heavy (non-hydrogen) atoms. The molecular weight excluding hydrogens is 296 g/mol. The molecule has 0 aliphatic heterocycles. The summed E-state index contributed by atoms with van der Waals surface area (Å²) in [5.41, 5.74) is 0. The fourth-order valence-corrected chi connectivity index (χ4v) is 1.56. The normalized spacial score (nSPS) is 10.1. The zero-order chi connectivity index (χ0) is 16.8. The zero-order valence-electron chi connectivity index (χ0n) is 12.0. The summed E-state index contributed by atoms with van der Waals surface area (Å²) in [4.78, 5) is 64.5. The maximum Gasteiger partial charge on any atom is 0.309 e. The summed E-state index contributed by atoms with van der Waals surface area (Å²) in [6, 6.07) is 0. The second-order valence-corrected chi connectivity index (χ2v) is 4.34. The molecule has 0 aromatic carbocycles. The lowest BCUT2D eigenvalue weighted by Crippen LogP contribution is -2.24. The SMILES string of the molecule is O=CCC(CC=O)C(=O)OCCOC(=O)C(CC=O)CC=O. The van der Waals surface area contributed by atoms with Gasteiger partial charge in [-0.15, -0.1) is 0 Å². The summed E-state index contributed by atoms with van der Waals surface area (Å²) in [6.45, 7) is -0.485. The minimum absolute atomic E-state index is 0.127. The van der Waals surface area contributed by atoms with E-state index in [9.17, 15) is 28.8 Å². The van der Waals surface area contributed by atoms with Gasteiger partial charge in [0.1, 0.15) is 38.4 Å². The molecule has 0 spiro atoms. The standard InChI is InChI=1S/C14H18O8/c15-5-1-11(2-6-16)13(19)21-9-10-22-14(20)12(3-7-17)4-8-18/h5-8,11-12H,1-4,9-10H2. The molecule has 0 aromatic rings. The molecule has 8 heteroatoms. The minimum Gasteiger partial charge on any atom is -0.462 e. The van der Waals surface area contributed by atoms with E-state index >= 15 is 0 Å². The Labute approximate surface area is 127 Å². The van der Waals surface area contributed by atoms with Gasteiger partial charge in [-0.25, -0.2) is 0 Å². The lowest BCUT2D eigenvalue weighted by atomic mass is 10.0. The first-order valence-corrected chi connectivity index (χ1v) is 6.68. The average Bonchev–Trinajstić information content (AvgIpc) is 2.50. The molecule has 0 heterocycles. The van der Waals surface area contributed by atoms with E-state index < -0.39 is 23.8 Å². The molecule has 122 valence electrons. The minimum atomic E-state index is -0.844. The quantitative estimate of drug-likeness (QED) is 0.257. The van der Waals surface area contributed by atoms with Crippen LogP contribution in [0.15, 0.2) is 0 Å². The van der Waals surface area contributed by atoms with Crippen LogP contribution in [0.2, 0.25) is 0 Å². The zero-order valence-corrected chi connectivity index (χ0v) is 12.0. The van der Waals surface area contributed by atoms with Gasteiger partial charge in [-0.1, -0.05) is 0 Å². The Hall–Kier alpha value is -2.38. The first-order valence-electron chi connectivity index (χ1n) is 6.68. The second kappa shape index (κ2) is 12.4. The molecule has 0 saturated carbocycles. The van der Waals surface area contributed by atoms with Crippen LogP contribution in [0.5, 0.6) is 0 Å². The lowest BCUT2D eigenvalue weighted by Gasteiger charge is -2.13. The van der Waals surface area contributed by atoms with Crippen molar-refractivity contribution in [1.82, 2.24) is 0 Å². The second-order valence-electron chi connectivity index (χ2n) is 4.34. The summed E-state index contributed by atoms with van der Waals surface area (Å²) in [7, 11) is 0. The van der Waals surface area contributed by atoms with Crippen molar-refractivity contribution in [2.24, 2.45) is 11.8 Å². The Morgan fingerprint density at radius 1 is 0.636 bits per heavy atom. The summed E-state index contributed by atoms with van der Waals surface area (Å²) >= 11 is 0. The van der Waals surface area contributed by atoms with E-state index in [1.165, 1.54) is 0 Å². The highest BCUT2D eigenvalue weighted by Gasteiger charge is 2.21. The molecule has 0 aromatic heterocycles. The van der Waals surface area contributed by atoms with Crippen LogP contribution in [0.1, 0.15) is 25.7 Å². The van der Waals surface area contributed by atoms with E-state index in [0.717, 1.165) is 0 Å². The highest BCUT2D eigenvalue weighted by Crippen LogP contribution is 2.09. The van der Waals surface area contributed by atoms with Crippen LogP contribution in [-0.4, -0.2) is 50.3 Å². The maximum atomic E-state index is 11.5. The summed E-state index contributed by atoms with van der Waals surface area (Å²) in [6.07, 6.45) is 1.54. The Balaban J connectivity index is 4.12. The van der Waals surface area contributed by atoms with Crippen molar-refractivity contribution >= 4 is 37.1 Å². The van der Waals surface area contributed by atoms with Crippen molar-refractivity contribution < 1.29 is 38.2 Å². The van der Waals surface area contributed by atoms with Crippen molar-refractivity contribution in [2.75, 3.05) is 13.2 Å². The van der Waals surface area contributed by atoms with Gasteiger partial charge in [-0.3, -0.25) is 9.59 Å². The predicted octanol–water partition coefficient (Wildman–Crippen LogP) is -0.339. The Morgan fingerprint density at radius 3 is 1.14 bits per heavy atom. The van der Waals surface area contributed by atoms with Gasteiger partial charge in [0.25, 0.3) is 0 Å². The summed E-state index contributed by atoms with van der Waals surface area (Å²) in [5, 5.41) is 0. The fourth-order valence-electron chi connectivity index (χ4n) is 1.56. The first-order chi connectivity index (χ1) is 10.6. The molecule has 0 N–H and O–H groups in total. The van der Waals surface area contributed by atoms with Gasteiger partial charge >= 0.3 is 11.9 Å². The number of rotatable bonds is 13. The topological polar surface area (TPSA) is 121 Å². The van der Waals surface area contributed by atoms with Crippen LogP contribution in [0.4, 0.5) is 0 Å². The molecule has 0 bridgehead atoms. The molecule has 0 atom stereocenters. The maximum absolute atomic E-state index is 11.5. The average molecular weight is 314 g/mol. The number of esters is 2. The Morgan fingerprint density at radius 2 is 0.909 bits per heavy atom. The Bertz CT molecular complexity index is 346. The Kier molecular flexibility index (Phi) is 11.0. The number of hydrogen-bond donors (Lipinski definition) is 0. The van der Waals surface area contributed by atoms with Gasteiger partial charge in [-0.2, -0.15) is 0 Å². The number of carbonyl (C=O) groups is 6. The summed E-state index contributed by atoms with van der Waals surface area (Å²) < 4.78 is 9.57. The largest absolute Gasteiger partial charge is 0.462 e. The van der Waals surface area contributed by atoms with E-state index in [0.29, 0.717) is 25.1 Å². The van der Waals surface area contributed by atoms with Gasteiger partial charge in [0.15, 0.2) is 0 Å². The molecule has 0 aliphatic carbocycles. The third-order valence-electron chi connectivity index (χ3n) is 2.76. The molecule has 0 rings (SSSR count). The third kappa shape index (κ3) is 8.03. The number of ether oxygens (including phenoxy) is 2. The van der Waals surface area contributed by atoms with Crippen molar-refractivity contribution in [3.8, 4) is 0 Å². The van der Waals surface area contributed by atoms with Gasteiger partial charge in [0, 0.05) is 25.7 Å².